The summed E-state index contributed by atoms with van der Waals surface area (Å²) in [7, 11) is 0. The van der Waals surface area contributed by atoms with Crippen molar-refractivity contribution in [1.82, 2.24) is 25.0 Å². The first-order valence-corrected chi connectivity index (χ1v) is 6.90. The van der Waals surface area contributed by atoms with Crippen LogP contribution in [-0.4, -0.2) is 37.5 Å². The Morgan fingerprint density at radius 3 is 2.86 bits per heavy atom. The van der Waals surface area contributed by atoms with E-state index in [9.17, 15) is 4.79 Å². The number of rotatable bonds is 5. The number of nitrogens with one attached hydrogen (secondary N) is 1. The van der Waals surface area contributed by atoms with Gasteiger partial charge in [0.25, 0.3) is 0 Å². The Morgan fingerprint density at radius 1 is 1.32 bits per heavy atom. The third kappa shape index (κ3) is 3.15. The Balaban J connectivity index is 1.68. The Morgan fingerprint density at radius 2 is 2.14 bits per heavy atom. The highest BCUT2D eigenvalue weighted by Crippen LogP contribution is 2.23. The van der Waals surface area contributed by atoms with Gasteiger partial charge < -0.3 is 4.74 Å². The molecule has 0 radical (unpaired) electrons. The Bertz CT molecular complexity index is 752. The molecule has 22 heavy (non-hydrogen) atoms. The van der Waals surface area contributed by atoms with Crippen LogP contribution in [0.3, 0.4) is 0 Å². The number of carbonyl (C=O) groups excluding carboxylic acids is 1. The first-order valence-electron chi connectivity index (χ1n) is 6.53. The fourth-order valence-corrected chi connectivity index (χ4v) is 2.06. The summed E-state index contributed by atoms with van der Waals surface area (Å²) < 4.78 is 6.82. The number of ether oxygens (including phenoxy) is 1. The van der Waals surface area contributed by atoms with E-state index in [2.05, 4.69) is 20.3 Å². The minimum Gasteiger partial charge on any atom is -0.460 e. The van der Waals surface area contributed by atoms with Gasteiger partial charge in [0, 0.05) is 10.6 Å². The molecule has 0 saturated carbocycles. The second-order valence-electron chi connectivity index (χ2n) is 4.46. The lowest BCUT2D eigenvalue weighted by atomic mass is 10.1. The average molecular weight is 318 g/mol. The molecule has 0 bridgehead atoms. The molecule has 0 fully saturated rings. The maximum atomic E-state index is 12.1. The van der Waals surface area contributed by atoms with Gasteiger partial charge in [0.05, 0.1) is 18.4 Å². The van der Waals surface area contributed by atoms with Crippen molar-refractivity contribution in [2.75, 3.05) is 6.61 Å². The number of halogens is 1. The fraction of sp³-hybridized carbons (Fsp3) is 0.143. The summed E-state index contributed by atoms with van der Waals surface area (Å²) >= 11 is 5.86. The molecular weight excluding hydrogens is 306 g/mol. The van der Waals surface area contributed by atoms with Crippen LogP contribution >= 0.6 is 11.6 Å². The van der Waals surface area contributed by atoms with Gasteiger partial charge in [-0.05, 0) is 12.1 Å². The van der Waals surface area contributed by atoms with Crippen molar-refractivity contribution >= 4 is 17.6 Å². The van der Waals surface area contributed by atoms with E-state index in [4.69, 9.17) is 16.3 Å². The summed E-state index contributed by atoms with van der Waals surface area (Å²) in [5.41, 5.74) is 1.79. The van der Waals surface area contributed by atoms with Gasteiger partial charge in [-0.2, -0.15) is 10.2 Å². The maximum Gasteiger partial charge on any atom is 0.342 e. The Hall–Kier alpha value is -2.67. The van der Waals surface area contributed by atoms with Crippen LogP contribution in [0, 0.1) is 0 Å². The van der Waals surface area contributed by atoms with Crippen molar-refractivity contribution in [3.05, 3.63) is 53.7 Å². The number of esters is 1. The standard InChI is InChI=1S/C14H12ClN5O2/c15-11-3-1-10(2-4-11)13-12(7-17-19-13)14(21)22-6-5-20-9-16-8-18-20/h1-4,7-9H,5-6H2,(H,17,19). The molecule has 2 heterocycles. The van der Waals surface area contributed by atoms with E-state index in [0.29, 0.717) is 22.8 Å². The topological polar surface area (TPSA) is 85.7 Å². The second kappa shape index (κ2) is 6.40. The third-order valence-corrected chi connectivity index (χ3v) is 3.26. The average Bonchev–Trinajstić information content (AvgIpc) is 3.19. The van der Waals surface area contributed by atoms with Crippen molar-refractivity contribution in [2.45, 2.75) is 6.54 Å². The first-order chi connectivity index (χ1) is 10.7. The Labute approximate surface area is 130 Å². The molecule has 0 spiro atoms. The summed E-state index contributed by atoms with van der Waals surface area (Å²) in [5.74, 6) is -0.446. The highest BCUT2D eigenvalue weighted by atomic mass is 35.5. The lowest BCUT2D eigenvalue weighted by Crippen LogP contribution is -2.12. The molecule has 0 unspecified atom stereocenters. The molecular formula is C14H12ClN5O2. The van der Waals surface area contributed by atoms with Crippen molar-refractivity contribution < 1.29 is 9.53 Å². The third-order valence-electron chi connectivity index (χ3n) is 3.01. The summed E-state index contributed by atoms with van der Waals surface area (Å²) in [6, 6.07) is 7.11. The zero-order valence-corrected chi connectivity index (χ0v) is 12.2. The van der Waals surface area contributed by atoms with Crippen molar-refractivity contribution in [1.29, 1.82) is 0 Å². The molecule has 0 atom stereocenters. The number of benzene rings is 1. The summed E-state index contributed by atoms with van der Waals surface area (Å²) in [6.07, 6.45) is 4.43. The highest BCUT2D eigenvalue weighted by Gasteiger charge is 2.16. The number of aromatic amines is 1. The first kappa shape index (κ1) is 14.3. The SMILES string of the molecule is O=C(OCCn1cncn1)c1cn[nH]c1-c1ccc(Cl)cc1. The smallest absolute Gasteiger partial charge is 0.342 e. The fourth-order valence-electron chi connectivity index (χ4n) is 1.94. The quantitative estimate of drug-likeness (QED) is 0.729. The van der Waals surface area contributed by atoms with Crippen molar-refractivity contribution in [3.8, 4) is 11.3 Å². The molecule has 0 saturated heterocycles. The minimum absolute atomic E-state index is 0.202. The molecule has 3 rings (SSSR count). The van der Waals surface area contributed by atoms with E-state index in [1.165, 1.54) is 12.5 Å². The number of carbonyl (C=O) groups is 1. The molecule has 1 aromatic carbocycles. The molecule has 3 aromatic rings. The lowest BCUT2D eigenvalue weighted by Gasteiger charge is -2.05. The molecule has 0 aliphatic carbocycles. The van der Waals surface area contributed by atoms with Crippen LogP contribution in [-0.2, 0) is 11.3 Å². The number of aromatic nitrogens is 5. The maximum absolute atomic E-state index is 12.1. The summed E-state index contributed by atoms with van der Waals surface area (Å²) in [6.45, 7) is 0.646. The Kier molecular flexibility index (Phi) is 4.15. The van der Waals surface area contributed by atoms with Gasteiger partial charge in [-0.25, -0.2) is 14.5 Å². The van der Waals surface area contributed by atoms with Gasteiger partial charge in [0.1, 0.15) is 24.8 Å². The van der Waals surface area contributed by atoms with Crippen LogP contribution in [0.1, 0.15) is 10.4 Å². The van der Waals surface area contributed by atoms with Gasteiger partial charge in [-0.1, -0.05) is 23.7 Å². The molecule has 112 valence electrons. The lowest BCUT2D eigenvalue weighted by molar-refractivity contribution is 0.0488. The van der Waals surface area contributed by atoms with Gasteiger partial charge >= 0.3 is 5.97 Å². The van der Waals surface area contributed by atoms with Crippen LogP contribution in [0.4, 0.5) is 0 Å². The van der Waals surface area contributed by atoms with E-state index >= 15 is 0 Å². The van der Waals surface area contributed by atoms with E-state index in [0.717, 1.165) is 5.56 Å². The van der Waals surface area contributed by atoms with E-state index in [1.807, 2.05) is 12.1 Å². The zero-order valence-electron chi connectivity index (χ0n) is 11.4. The summed E-state index contributed by atoms with van der Waals surface area (Å²) in [4.78, 5) is 16.0. The van der Waals surface area contributed by atoms with Crippen LogP contribution in [0.2, 0.25) is 5.02 Å². The monoisotopic (exact) mass is 317 g/mol. The highest BCUT2D eigenvalue weighted by molar-refractivity contribution is 6.30. The molecule has 7 nitrogen and oxygen atoms in total. The molecule has 0 aliphatic heterocycles. The van der Waals surface area contributed by atoms with Crippen molar-refractivity contribution in [2.24, 2.45) is 0 Å². The van der Waals surface area contributed by atoms with E-state index in [-0.39, 0.29) is 6.61 Å². The molecule has 8 heteroatoms. The van der Waals surface area contributed by atoms with E-state index < -0.39 is 5.97 Å². The molecule has 0 amide bonds. The van der Waals surface area contributed by atoms with E-state index in [1.54, 1.807) is 23.1 Å². The van der Waals surface area contributed by atoms with Crippen LogP contribution < -0.4 is 0 Å². The van der Waals surface area contributed by atoms with Gasteiger partial charge in [0.15, 0.2) is 0 Å². The molecule has 0 aliphatic rings. The van der Waals surface area contributed by atoms with Gasteiger partial charge in [0.2, 0.25) is 0 Å². The minimum atomic E-state index is -0.446. The zero-order chi connectivity index (χ0) is 15.4. The number of hydrogen-bond acceptors (Lipinski definition) is 5. The molecule has 1 N–H and O–H groups in total. The van der Waals surface area contributed by atoms with Crippen LogP contribution in [0.5, 0.6) is 0 Å². The number of hydrogen-bond donors (Lipinski definition) is 1. The van der Waals surface area contributed by atoms with Crippen LogP contribution in [0.15, 0.2) is 43.1 Å². The second-order valence-corrected chi connectivity index (χ2v) is 4.90. The number of H-pyrrole nitrogens is 1. The van der Waals surface area contributed by atoms with Crippen LogP contribution in [0.25, 0.3) is 11.3 Å². The predicted octanol–water partition coefficient (Wildman–Crippen LogP) is 2.18. The van der Waals surface area contributed by atoms with Gasteiger partial charge in [-0.3, -0.25) is 5.10 Å². The normalized spacial score (nSPS) is 10.6. The largest absolute Gasteiger partial charge is 0.460 e. The molecule has 2 aromatic heterocycles. The van der Waals surface area contributed by atoms with Crippen molar-refractivity contribution in [3.63, 3.8) is 0 Å². The summed E-state index contributed by atoms with van der Waals surface area (Å²) in [5, 5.41) is 11.3. The number of nitrogens with zero attached hydrogens (tertiary/aromatic N) is 4. The predicted molar refractivity (Wildman–Crippen MR) is 79.3 cm³/mol. The van der Waals surface area contributed by atoms with Gasteiger partial charge in [-0.15, -0.1) is 0 Å².